The van der Waals surface area contributed by atoms with Gasteiger partial charge in [-0.2, -0.15) is 0 Å². The summed E-state index contributed by atoms with van der Waals surface area (Å²) < 4.78 is 0. The first-order valence-corrected chi connectivity index (χ1v) is 7.49. The molecule has 0 aromatic heterocycles. The fourth-order valence-corrected chi connectivity index (χ4v) is 2.25. The van der Waals surface area contributed by atoms with Crippen LogP contribution in [-0.4, -0.2) is 11.6 Å². The second-order valence-corrected chi connectivity index (χ2v) is 5.18. The van der Waals surface area contributed by atoms with E-state index in [1.165, 1.54) is 0 Å². The van der Waals surface area contributed by atoms with E-state index in [0.29, 0.717) is 13.2 Å². The third-order valence-corrected chi connectivity index (χ3v) is 3.47. The van der Waals surface area contributed by atoms with E-state index in [4.69, 9.17) is 11.3 Å². The molecule has 0 bridgehead atoms. The second kappa shape index (κ2) is 7.35. The summed E-state index contributed by atoms with van der Waals surface area (Å²) in [6.07, 6.45) is 11.4. The highest BCUT2D eigenvalue weighted by Crippen LogP contribution is 2.16. The van der Waals surface area contributed by atoms with Crippen molar-refractivity contribution >= 4 is 5.69 Å². The number of anilines is 1. The number of allylic oxidation sites excluding steroid dienone is 1. The lowest BCUT2D eigenvalue weighted by atomic mass is 10.2. The van der Waals surface area contributed by atoms with Crippen molar-refractivity contribution < 1.29 is 4.84 Å². The highest BCUT2D eigenvalue weighted by Gasteiger charge is 2.06. The Morgan fingerprint density at radius 3 is 2.74 bits per heavy atom. The number of hydrogen-bond acceptors (Lipinski definition) is 3. The molecule has 2 aromatic rings. The molecule has 23 heavy (non-hydrogen) atoms. The molecule has 1 aliphatic heterocycles. The van der Waals surface area contributed by atoms with Crippen LogP contribution in [0.5, 0.6) is 0 Å². The molecule has 1 heterocycles. The van der Waals surface area contributed by atoms with Crippen LogP contribution in [0.1, 0.15) is 11.1 Å². The minimum atomic E-state index is 0.562. The van der Waals surface area contributed by atoms with E-state index in [1.807, 2.05) is 59.8 Å². The Kier molecular flexibility index (Phi) is 4.78. The lowest BCUT2D eigenvalue weighted by Crippen LogP contribution is -2.21. The molecule has 2 aromatic carbocycles. The SMILES string of the molecule is C#Cc1cccc(NC2=CCN(OCc3ccccc3)C=C2)c1. The molecule has 0 amide bonds. The number of hydroxylamine groups is 2. The van der Waals surface area contributed by atoms with Crippen LogP contribution in [-0.2, 0) is 11.4 Å². The van der Waals surface area contributed by atoms with Gasteiger partial charge >= 0.3 is 0 Å². The Labute approximate surface area is 136 Å². The molecule has 0 aliphatic carbocycles. The van der Waals surface area contributed by atoms with Crippen LogP contribution in [0, 0.1) is 12.3 Å². The summed E-state index contributed by atoms with van der Waals surface area (Å²) in [6, 6.07) is 17.9. The van der Waals surface area contributed by atoms with Gasteiger partial charge in [-0.15, -0.1) is 6.42 Å². The van der Waals surface area contributed by atoms with Gasteiger partial charge in [0.15, 0.2) is 0 Å². The molecule has 1 aliphatic rings. The molecule has 114 valence electrons. The number of nitrogens with zero attached hydrogens (tertiary/aromatic N) is 1. The van der Waals surface area contributed by atoms with Crippen molar-refractivity contribution in [1.29, 1.82) is 0 Å². The van der Waals surface area contributed by atoms with Gasteiger partial charge in [-0.3, -0.25) is 9.90 Å². The van der Waals surface area contributed by atoms with Gasteiger partial charge in [0, 0.05) is 23.1 Å². The minimum absolute atomic E-state index is 0.562. The average molecular weight is 302 g/mol. The van der Waals surface area contributed by atoms with Crippen molar-refractivity contribution in [2.75, 3.05) is 11.9 Å². The van der Waals surface area contributed by atoms with Gasteiger partial charge in [0.05, 0.1) is 13.2 Å². The zero-order valence-corrected chi connectivity index (χ0v) is 12.8. The normalized spacial score (nSPS) is 13.3. The monoisotopic (exact) mass is 302 g/mol. The fraction of sp³-hybridized carbons (Fsp3) is 0.100. The smallest absolute Gasteiger partial charge is 0.0999 e. The molecule has 0 spiro atoms. The fourth-order valence-electron chi connectivity index (χ4n) is 2.25. The number of hydrogen-bond donors (Lipinski definition) is 1. The lowest BCUT2D eigenvalue weighted by molar-refractivity contribution is -0.124. The molecule has 0 fully saturated rings. The van der Waals surface area contributed by atoms with Gasteiger partial charge in [-0.1, -0.05) is 42.3 Å². The van der Waals surface area contributed by atoms with E-state index in [0.717, 1.165) is 22.5 Å². The molecular weight excluding hydrogens is 284 g/mol. The molecule has 0 saturated heterocycles. The van der Waals surface area contributed by atoms with E-state index >= 15 is 0 Å². The van der Waals surface area contributed by atoms with Gasteiger partial charge in [0.25, 0.3) is 0 Å². The Morgan fingerprint density at radius 2 is 2.00 bits per heavy atom. The molecular formula is C20H18N2O. The molecule has 0 saturated carbocycles. The summed E-state index contributed by atoms with van der Waals surface area (Å²) in [5.41, 5.74) is 4.02. The maximum Gasteiger partial charge on any atom is 0.0999 e. The van der Waals surface area contributed by atoms with Crippen molar-refractivity contribution in [3.63, 3.8) is 0 Å². The maximum absolute atomic E-state index is 5.75. The minimum Gasteiger partial charge on any atom is -0.356 e. The number of rotatable bonds is 5. The van der Waals surface area contributed by atoms with Gasteiger partial charge < -0.3 is 5.32 Å². The van der Waals surface area contributed by atoms with Crippen LogP contribution in [0.3, 0.4) is 0 Å². The number of terminal acetylenes is 1. The van der Waals surface area contributed by atoms with Crippen LogP contribution < -0.4 is 5.32 Å². The van der Waals surface area contributed by atoms with E-state index in [2.05, 4.69) is 29.4 Å². The summed E-state index contributed by atoms with van der Waals surface area (Å²) in [5, 5.41) is 5.16. The molecule has 0 radical (unpaired) electrons. The maximum atomic E-state index is 5.75. The Morgan fingerprint density at radius 1 is 1.13 bits per heavy atom. The van der Waals surface area contributed by atoms with Crippen molar-refractivity contribution in [2.24, 2.45) is 0 Å². The van der Waals surface area contributed by atoms with Crippen LogP contribution in [0.2, 0.25) is 0 Å². The van der Waals surface area contributed by atoms with Gasteiger partial charge in [-0.25, -0.2) is 0 Å². The predicted octanol–water partition coefficient (Wildman–Crippen LogP) is 3.92. The van der Waals surface area contributed by atoms with E-state index < -0.39 is 0 Å². The van der Waals surface area contributed by atoms with E-state index in [9.17, 15) is 0 Å². The third kappa shape index (κ3) is 4.26. The van der Waals surface area contributed by atoms with Crippen LogP contribution in [0.25, 0.3) is 0 Å². The average Bonchev–Trinajstić information content (AvgIpc) is 2.62. The summed E-state index contributed by atoms with van der Waals surface area (Å²) in [4.78, 5) is 5.75. The standard InChI is InChI=1S/C20H18N2O/c1-2-17-9-6-10-20(15-17)21-19-11-13-22(14-12-19)23-16-18-7-4-3-5-8-18/h1,3-13,15,21H,14,16H2. The second-order valence-electron chi connectivity index (χ2n) is 5.18. The summed E-state index contributed by atoms with van der Waals surface area (Å²) in [7, 11) is 0. The quantitative estimate of drug-likeness (QED) is 0.847. The largest absolute Gasteiger partial charge is 0.356 e. The Hall–Kier alpha value is -2.96. The van der Waals surface area contributed by atoms with Gasteiger partial charge in [-0.05, 0) is 35.9 Å². The van der Waals surface area contributed by atoms with Crippen LogP contribution in [0.4, 0.5) is 5.69 Å². The van der Waals surface area contributed by atoms with Crippen molar-refractivity contribution in [1.82, 2.24) is 5.06 Å². The third-order valence-electron chi connectivity index (χ3n) is 3.47. The van der Waals surface area contributed by atoms with Gasteiger partial charge in [0.2, 0.25) is 0 Å². The molecule has 0 unspecified atom stereocenters. The lowest BCUT2D eigenvalue weighted by Gasteiger charge is -2.22. The van der Waals surface area contributed by atoms with Crippen LogP contribution >= 0.6 is 0 Å². The topological polar surface area (TPSA) is 24.5 Å². The molecule has 3 heteroatoms. The zero-order valence-electron chi connectivity index (χ0n) is 12.8. The summed E-state index contributed by atoms with van der Waals surface area (Å²) in [6.45, 7) is 1.26. The Balaban J connectivity index is 1.52. The van der Waals surface area contributed by atoms with Crippen LogP contribution in [0.15, 0.2) is 78.6 Å². The van der Waals surface area contributed by atoms with Crippen molar-refractivity contribution in [2.45, 2.75) is 6.61 Å². The zero-order chi connectivity index (χ0) is 15.9. The first-order valence-electron chi connectivity index (χ1n) is 7.49. The Bertz CT molecular complexity index is 757. The van der Waals surface area contributed by atoms with Crippen molar-refractivity contribution in [3.05, 3.63) is 89.8 Å². The molecule has 3 rings (SSSR count). The predicted molar refractivity (Wildman–Crippen MR) is 93.2 cm³/mol. The highest BCUT2D eigenvalue weighted by atomic mass is 16.7. The first-order chi connectivity index (χ1) is 11.3. The van der Waals surface area contributed by atoms with Crippen molar-refractivity contribution in [3.8, 4) is 12.3 Å². The number of benzene rings is 2. The summed E-state index contributed by atoms with van der Waals surface area (Å²) in [5.74, 6) is 2.64. The number of nitrogens with one attached hydrogen (secondary N) is 1. The van der Waals surface area contributed by atoms with Gasteiger partial charge in [0.1, 0.15) is 0 Å². The molecule has 3 nitrogen and oxygen atoms in total. The van der Waals surface area contributed by atoms with E-state index in [-0.39, 0.29) is 0 Å². The highest BCUT2D eigenvalue weighted by molar-refractivity contribution is 5.55. The first kappa shape index (κ1) is 15.0. The molecule has 0 atom stereocenters. The molecule has 1 N–H and O–H groups in total. The van der Waals surface area contributed by atoms with E-state index in [1.54, 1.807) is 0 Å². The summed E-state index contributed by atoms with van der Waals surface area (Å²) >= 11 is 0.